The van der Waals surface area contributed by atoms with Crippen molar-refractivity contribution in [2.75, 3.05) is 6.61 Å². The van der Waals surface area contributed by atoms with E-state index in [9.17, 15) is 9.90 Å². The number of aliphatic hydroxyl groups excluding tert-OH is 1. The summed E-state index contributed by atoms with van der Waals surface area (Å²) in [4.78, 5) is 20.8. The average Bonchev–Trinajstić information content (AvgIpc) is 3.05. The Kier molecular flexibility index (Phi) is 4.13. The van der Waals surface area contributed by atoms with Crippen molar-refractivity contribution >= 4 is 5.91 Å². The number of ether oxygens (including phenoxy) is 1. The van der Waals surface area contributed by atoms with Gasteiger partial charge in [-0.1, -0.05) is 6.07 Å². The van der Waals surface area contributed by atoms with E-state index in [1.165, 1.54) is 5.56 Å². The summed E-state index contributed by atoms with van der Waals surface area (Å²) in [5, 5.41) is 12.8. The second-order valence-corrected chi connectivity index (χ2v) is 6.82. The van der Waals surface area contributed by atoms with E-state index < -0.39 is 0 Å². The van der Waals surface area contributed by atoms with Crippen LogP contribution in [0.1, 0.15) is 46.2 Å². The Balaban J connectivity index is 1.58. The summed E-state index contributed by atoms with van der Waals surface area (Å²) in [6.45, 7) is 2.49. The minimum atomic E-state index is -0.273. The first-order valence-electron chi connectivity index (χ1n) is 8.63. The van der Waals surface area contributed by atoms with Gasteiger partial charge >= 0.3 is 0 Å². The number of nitrogens with one attached hydrogen (secondary N) is 1. The lowest BCUT2D eigenvalue weighted by molar-refractivity contribution is 0.0235. The molecule has 2 aromatic rings. The topological polar surface area (TPSA) is 84.3 Å². The third kappa shape index (κ3) is 3.22. The van der Waals surface area contributed by atoms with Crippen molar-refractivity contribution < 1.29 is 14.6 Å². The lowest BCUT2D eigenvalue weighted by Crippen LogP contribution is -2.41. The van der Waals surface area contributed by atoms with Crippen LogP contribution in [0.15, 0.2) is 30.6 Å². The van der Waals surface area contributed by atoms with Gasteiger partial charge < -0.3 is 15.2 Å². The molecule has 1 unspecified atom stereocenters. The van der Waals surface area contributed by atoms with Crippen molar-refractivity contribution in [1.82, 2.24) is 15.3 Å². The van der Waals surface area contributed by atoms with E-state index in [2.05, 4.69) is 21.4 Å². The van der Waals surface area contributed by atoms with Gasteiger partial charge in [-0.2, -0.15) is 0 Å². The first-order chi connectivity index (χ1) is 12.1. The Morgan fingerprint density at radius 3 is 2.80 bits per heavy atom. The van der Waals surface area contributed by atoms with E-state index in [4.69, 9.17) is 4.74 Å². The van der Waals surface area contributed by atoms with Crippen molar-refractivity contribution in [2.45, 2.75) is 38.3 Å². The summed E-state index contributed by atoms with van der Waals surface area (Å²) in [6, 6.07) is 5.96. The SMILES string of the molecule is Cc1ncc(C(=O)NC(c2ccc3c(c2)CCO3)C2CC(O)C2)cn1. The Hall–Kier alpha value is -2.47. The molecule has 2 aliphatic rings. The van der Waals surface area contributed by atoms with Crippen LogP contribution in [0.5, 0.6) is 5.75 Å². The molecule has 0 bridgehead atoms. The standard InChI is InChI=1S/C19H21N3O3/c1-11-20-9-15(10-21-11)19(24)22-18(14-7-16(23)8-14)13-2-3-17-12(6-13)4-5-25-17/h2-3,6,9-10,14,16,18,23H,4-5,7-8H2,1H3,(H,22,24). The molecule has 1 aliphatic heterocycles. The number of aliphatic hydroxyl groups is 1. The Morgan fingerprint density at radius 1 is 1.32 bits per heavy atom. The zero-order valence-electron chi connectivity index (χ0n) is 14.1. The maximum absolute atomic E-state index is 12.6. The largest absolute Gasteiger partial charge is 0.493 e. The summed E-state index contributed by atoms with van der Waals surface area (Å²) in [5.74, 6) is 1.59. The molecule has 4 rings (SSSR count). The van der Waals surface area contributed by atoms with E-state index in [0.29, 0.717) is 30.8 Å². The van der Waals surface area contributed by atoms with Gasteiger partial charge in [-0.3, -0.25) is 4.79 Å². The molecular weight excluding hydrogens is 318 g/mol. The highest BCUT2D eigenvalue weighted by Gasteiger charge is 2.36. The lowest BCUT2D eigenvalue weighted by Gasteiger charge is -2.38. The number of amides is 1. The molecule has 1 aromatic carbocycles. The van der Waals surface area contributed by atoms with E-state index in [0.717, 1.165) is 17.7 Å². The lowest BCUT2D eigenvalue weighted by atomic mass is 9.74. The summed E-state index contributed by atoms with van der Waals surface area (Å²) in [6.07, 6.45) is 5.10. The predicted octanol–water partition coefficient (Wildman–Crippen LogP) is 1.96. The van der Waals surface area contributed by atoms with Gasteiger partial charge in [-0.25, -0.2) is 9.97 Å². The number of carbonyl (C=O) groups is 1. The van der Waals surface area contributed by atoms with Crippen molar-refractivity contribution in [3.63, 3.8) is 0 Å². The molecule has 2 N–H and O–H groups in total. The molecule has 1 aromatic heterocycles. The van der Waals surface area contributed by atoms with E-state index in [1.54, 1.807) is 19.3 Å². The van der Waals surface area contributed by atoms with Crippen LogP contribution in [0, 0.1) is 12.8 Å². The van der Waals surface area contributed by atoms with E-state index >= 15 is 0 Å². The minimum absolute atomic E-state index is 0.136. The smallest absolute Gasteiger partial charge is 0.254 e. The van der Waals surface area contributed by atoms with E-state index in [1.807, 2.05) is 12.1 Å². The Labute approximate surface area is 146 Å². The highest BCUT2D eigenvalue weighted by atomic mass is 16.5. The van der Waals surface area contributed by atoms with Gasteiger partial charge in [0.15, 0.2) is 0 Å². The molecule has 0 radical (unpaired) electrons. The van der Waals surface area contributed by atoms with Crippen molar-refractivity contribution in [3.8, 4) is 5.75 Å². The van der Waals surface area contributed by atoms with Gasteiger partial charge in [0.25, 0.3) is 5.91 Å². The van der Waals surface area contributed by atoms with Crippen molar-refractivity contribution in [2.24, 2.45) is 5.92 Å². The average molecular weight is 339 g/mol. The van der Waals surface area contributed by atoms with Crippen molar-refractivity contribution in [1.29, 1.82) is 0 Å². The quantitative estimate of drug-likeness (QED) is 0.889. The van der Waals surface area contributed by atoms with Gasteiger partial charge in [0.2, 0.25) is 0 Å². The van der Waals surface area contributed by atoms with Crippen LogP contribution in [0.2, 0.25) is 0 Å². The molecule has 25 heavy (non-hydrogen) atoms. The third-order valence-corrected chi connectivity index (χ3v) is 5.02. The number of aryl methyl sites for hydroxylation is 1. The number of benzene rings is 1. The number of hydrogen-bond donors (Lipinski definition) is 2. The molecule has 1 atom stereocenters. The second kappa shape index (κ2) is 6.44. The summed E-state index contributed by atoms with van der Waals surface area (Å²) in [5.41, 5.74) is 2.68. The molecule has 0 spiro atoms. The molecular formula is C19H21N3O3. The van der Waals surface area contributed by atoms with Crippen LogP contribution in [0.4, 0.5) is 0 Å². The van der Waals surface area contributed by atoms with Crippen LogP contribution < -0.4 is 10.1 Å². The summed E-state index contributed by atoms with van der Waals surface area (Å²) < 4.78 is 5.57. The molecule has 1 saturated carbocycles. The molecule has 2 heterocycles. The Morgan fingerprint density at radius 2 is 2.08 bits per heavy atom. The highest BCUT2D eigenvalue weighted by Crippen LogP contribution is 2.39. The maximum Gasteiger partial charge on any atom is 0.254 e. The van der Waals surface area contributed by atoms with Crippen molar-refractivity contribution in [3.05, 3.63) is 53.1 Å². The predicted molar refractivity (Wildman–Crippen MR) is 91.3 cm³/mol. The number of nitrogens with zero attached hydrogens (tertiary/aromatic N) is 2. The normalized spacial score (nSPS) is 22.5. The second-order valence-electron chi connectivity index (χ2n) is 6.82. The fourth-order valence-electron chi connectivity index (χ4n) is 3.51. The van der Waals surface area contributed by atoms with Gasteiger partial charge in [0, 0.05) is 18.8 Å². The van der Waals surface area contributed by atoms with Gasteiger partial charge in [0.1, 0.15) is 11.6 Å². The molecule has 6 nitrogen and oxygen atoms in total. The molecule has 6 heteroatoms. The first kappa shape index (κ1) is 16.0. The summed E-state index contributed by atoms with van der Waals surface area (Å²) in [7, 11) is 0. The first-order valence-corrected chi connectivity index (χ1v) is 8.63. The molecule has 1 fully saturated rings. The van der Waals surface area contributed by atoms with Gasteiger partial charge in [0.05, 0.1) is 24.3 Å². The fraction of sp³-hybridized carbons (Fsp3) is 0.421. The zero-order valence-corrected chi connectivity index (χ0v) is 14.1. The number of aromatic nitrogens is 2. The van der Waals surface area contributed by atoms with Crippen LogP contribution in [-0.2, 0) is 6.42 Å². The monoisotopic (exact) mass is 339 g/mol. The van der Waals surface area contributed by atoms with Gasteiger partial charge in [-0.15, -0.1) is 0 Å². The minimum Gasteiger partial charge on any atom is -0.493 e. The Bertz CT molecular complexity index is 785. The van der Waals surface area contributed by atoms with Crippen LogP contribution >= 0.6 is 0 Å². The van der Waals surface area contributed by atoms with Crippen LogP contribution in [0.25, 0.3) is 0 Å². The number of fused-ring (bicyclic) bond motifs is 1. The third-order valence-electron chi connectivity index (χ3n) is 5.02. The number of carbonyl (C=O) groups excluding carboxylic acids is 1. The molecule has 130 valence electrons. The summed E-state index contributed by atoms with van der Waals surface area (Å²) >= 11 is 0. The van der Waals surface area contributed by atoms with Crippen LogP contribution in [0.3, 0.4) is 0 Å². The molecule has 0 saturated heterocycles. The molecule has 1 aliphatic carbocycles. The zero-order chi connectivity index (χ0) is 17.4. The molecule has 1 amide bonds. The van der Waals surface area contributed by atoms with Crippen LogP contribution in [-0.4, -0.2) is 33.7 Å². The van der Waals surface area contributed by atoms with E-state index in [-0.39, 0.29) is 24.0 Å². The maximum atomic E-state index is 12.6. The number of rotatable bonds is 4. The van der Waals surface area contributed by atoms with Gasteiger partial charge in [-0.05, 0) is 48.9 Å². The fourth-order valence-corrected chi connectivity index (χ4v) is 3.51. The number of hydrogen-bond acceptors (Lipinski definition) is 5. The highest BCUT2D eigenvalue weighted by molar-refractivity contribution is 5.93.